The quantitative estimate of drug-likeness (QED) is 0.865. The first-order chi connectivity index (χ1) is 10.0. The van der Waals surface area contributed by atoms with Crippen LogP contribution in [0.15, 0.2) is 34.8 Å². The second-order valence-electron chi connectivity index (χ2n) is 4.43. The molecule has 1 heterocycles. The van der Waals surface area contributed by atoms with Crippen LogP contribution in [0.5, 0.6) is 11.6 Å². The van der Waals surface area contributed by atoms with E-state index < -0.39 is 5.97 Å². The van der Waals surface area contributed by atoms with Crippen molar-refractivity contribution in [3.05, 3.63) is 51.6 Å². The third-order valence-electron chi connectivity index (χ3n) is 3.07. The number of nitrogens with zero attached hydrogens (tertiary/aromatic N) is 1. The van der Waals surface area contributed by atoms with Gasteiger partial charge in [-0.25, -0.2) is 9.78 Å². The number of benzene rings is 1. The van der Waals surface area contributed by atoms with Crippen LogP contribution in [0.1, 0.15) is 21.6 Å². The molecule has 0 radical (unpaired) electrons. The third-order valence-corrected chi connectivity index (χ3v) is 3.79. The second-order valence-corrected chi connectivity index (χ2v) is 5.29. The number of aromatic carboxylic acids is 1. The molecule has 2 rings (SSSR count). The van der Waals surface area contributed by atoms with E-state index in [2.05, 4.69) is 20.9 Å². The van der Waals surface area contributed by atoms with Crippen molar-refractivity contribution in [3.8, 4) is 11.6 Å². The van der Waals surface area contributed by atoms with Gasteiger partial charge in [-0.1, -0.05) is 6.07 Å². The van der Waals surface area contributed by atoms with Crippen LogP contribution >= 0.6 is 15.9 Å². The first-order valence-corrected chi connectivity index (χ1v) is 7.05. The van der Waals surface area contributed by atoms with Crippen molar-refractivity contribution in [1.82, 2.24) is 4.98 Å². The minimum Gasteiger partial charge on any atom is -0.508 e. The Morgan fingerprint density at radius 2 is 2.05 bits per heavy atom. The number of carbonyl (C=O) groups is 1. The standard InChI is InChI=1S/C15H14BrNO4/c1-21-14-7-5-11(16)12(17-14)6-4-9-2-3-10(15(19)20)8-13(9)18/h2-3,5,7-8,18H,4,6H2,1H3,(H,19,20). The molecule has 0 bridgehead atoms. The van der Waals surface area contributed by atoms with Crippen LogP contribution in [-0.4, -0.2) is 28.3 Å². The fourth-order valence-electron chi connectivity index (χ4n) is 1.91. The molecule has 0 fully saturated rings. The molecule has 0 spiro atoms. The number of halogens is 1. The van der Waals surface area contributed by atoms with Gasteiger partial charge < -0.3 is 14.9 Å². The molecule has 1 aromatic carbocycles. The van der Waals surface area contributed by atoms with Gasteiger partial charge in [-0.3, -0.25) is 0 Å². The van der Waals surface area contributed by atoms with Gasteiger partial charge in [0, 0.05) is 10.5 Å². The Bertz CT molecular complexity index is 673. The van der Waals surface area contributed by atoms with E-state index in [0.717, 1.165) is 10.2 Å². The third kappa shape index (κ3) is 3.72. The van der Waals surface area contributed by atoms with Crippen molar-refractivity contribution in [3.63, 3.8) is 0 Å². The predicted molar refractivity (Wildman–Crippen MR) is 81.0 cm³/mol. The molecular weight excluding hydrogens is 338 g/mol. The number of phenolic OH excluding ortho intramolecular Hbond substituents is 1. The van der Waals surface area contributed by atoms with Crippen LogP contribution in [0.25, 0.3) is 0 Å². The second kappa shape index (κ2) is 6.58. The zero-order chi connectivity index (χ0) is 15.4. The number of methoxy groups -OCH3 is 1. The molecule has 6 heteroatoms. The lowest BCUT2D eigenvalue weighted by Crippen LogP contribution is -2.00. The molecule has 5 nitrogen and oxygen atoms in total. The number of hydrogen-bond donors (Lipinski definition) is 2. The lowest BCUT2D eigenvalue weighted by Gasteiger charge is -2.08. The minimum absolute atomic E-state index is 0.0195. The average molecular weight is 352 g/mol. The van der Waals surface area contributed by atoms with Crippen LogP contribution in [0.3, 0.4) is 0 Å². The molecule has 2 N–H and O–H groups in total. The molecule has 110 valence electrons. The van der Waals surface area contributed by atoms with Crippen LogP contribution in [0.4, 0.5) is 0 Å². The van der Waals surface area contributed by atoms with Gasteiger partial charge in [0.25, 0.3) is 0 Å². The Morgan fingerprint density at radius 3 is 2.67 bits per heavy atom. The lowest BCUT2D eigenvalue weighted by atomic mass is 10.0. The summed E-state index contributed by atoms with van der Waals surface area (Å²) in [6, 6.07) is 7.96. The Morgan fingerprint density at radius 1 is 1.29 bits per heavy atom. The van der Waals surface area contributed by atoms with Crippen molar-refractivity contribution in [2.45, 2.75) is 12.8 Å². The summed E-state index contributed by atoms with van der Waals surface area (Å²) >= 11 is 3.42. The number of aromatic hydroxyl groups is 1. The first-order valence-electron chi connectivity index (χ1n) is 6.26. The predicted octanol–water partition coefficient (Wildman–Crippen LogP) is 3.04. The SMILES string of the molecule is COc1ccc(Br)c(CCc2ccc(C(=O)O)cc2O)n1. The maximum atomic E-state index is 10.8. The van der Waals surface area contributed by atoms with E-state index in [1.807, 2.05) is 6.07 Å². The fraction of sp³-hybridized carbons (Fsp3) is 0.200. The maximum absolute atomic E-state index is 10.8. The average Bonchev–Trinajstić information content (AvgIpc) is 2.47. The fourth-order valence-corrected chi connectivity index (χ4v) is 2.33. The van der Waals surface area contributed by atoms with Crippen molar-refractivity contribution in [1.29, 1.82) is 0 Å². The first kappa shape index (κ1) is 15.3. The zero-order valence-electron chi connectivity index (χ0n) is 11.3. The number of rotatable bonds is 5. The highest BCUT2D eigenvalue weighted by molar-refractivity contribution is 9.10. The van der Waals surface area contributed by atoms with Crippen molar-refractivity contribution < 1.29 is 19.7 Å². The molecule has 0 saturated carbocycles. The van der Waals surface area contributed by atoms with Gasteiger partial charge in [0.15, 0.2) is 0 Å². The van der Waals surface area contributed by atoms with E-state index in [4.69, 9.17) is 9.84 Å². The number of phenols is 1. The van der Waals surface area contributed by atoms with Gasteiger partial charge in [-0.05, 0) is 52.5 Å². The summed E-state index contributed by atoms with van der Waals surface area (Å²) in [5.74, 6) is -0.554. The van der Waals surface area contributed by atoms with E-state index >= 15 is 0 Å². The molecule has 21 heavy (non-hydrogen) atoms. The Kier molecular flexibility index (Phi) is 4.80. The summed E-state index contributed by atoms with van der Waals surface area (Å²) in [5, 5.41) is 18.7. The van der Waals surface area contributed by atoms with E-state index in [9.17, 15) is 9.90 Å². The summed E-state index contributed by atoms with van der Waals surface area (Å²) in [7, 11) is 1.55. The van der Waals surface area contributed by atoms with Crippen LogP contribution < -0.4 is 4.74 Å². The largest absolute Gasteiger partial charge is 0.508 e. The summed E-state index contributed by atoms with van der Waals surface area (Å²) in [6.07, 6.45) is 1.14. The number of aromatic nitrogens is 1. The topological polar surface area (TPSA) is 79.7 Å². The van der Waals surface area contributed by atoms with Crippen molar-refractivity contribution in [2.75, 3.05) is 7.11 Å². The molecule has 0 atom stereocenters. The minimum atomic E-state index is -1.06. The summed E-state index contributed by atoms with van der Waals surface area (Å²) in [5.41, 5.74) is 1.56. The smallest absolute Gasteiger partial charge is 0.335 e. The van der Waals surface area contributed by atoms with Gasteiger partial charge in [0.1, 0.15) is 5.75 Å². The highest BCUT2D eigenvalue weighted by Crippen LogP contribution is 2.24. The molecule has 0 aliphatic rings. The van der Waals surface area contributed by atoms with Crippen LogP contribution in [0, 0.1) is 0 Å². The molecule has 2 aromatic rings. The van der Waals surface area contributed by atoms with Crippen molar-refractivity contribution in [2.24, 2.45) is 0 Å². The monoisotopic (exact) mass is 351 g/mol. The van der Waals surface area contributed by atoms with Gasteiger partial charge >= 0.3 is 5.97 Å². The van der Waals surface area contributed by atoms with Gasteiger partial charge in [0.05, 0.1) is 18.4 Å². The molecule has 0 aliphatic carbocycles. The highest BCUT2D eigenvalue weighted by atomic mass is 79.9. The summed E-state index contributed by atoms with van der Waals surface area (Å²) in [4.78, 5) is 15.2. The molecule has 0 unspecified atom stereocenters. The van der Waals surface area contributed by atoms with Crippen molar-refractivity contribution >= 4 is 21.9 Å². The van der Waals surface area contributed by atoms with E-state index in [-0.39, 0.29) is 11.3 Å². The summed E-state index contributed by atoms with van der Waals surface area (Å²) < 4.78 is 5.95. The number of ether oxygens (including phenoxy) is 1. The van der Waals surface area contributed by atoms with Gasteiger partial charge in [-0.2, -0.15) is 0 Å². The number of aryl methyl sites for hydroxylation is 2. The normalized spacial score (nSPS) is 10.4. The van der Waals surface area contributed by atoms with Crippen LogP contribution in [-0.2, 0) is 12.8 Å². The van der Waals surface area contributed by atoms with E-state index in [1.165, 1.54) is 12.1 Å². The number of hydrogen-bond acceptors (Lipinski definition) is 4. The zero-order valence-corrected chi connectivity index (χ0v) is 12.9. The summed E-state index contributed by atoms with van der Waals surface area (Å²) in [6.45, 7) is 0. The van der Waals surface area contributed by atoms with Gasteiger partial charge in [-0.15, -0.1) is 0 Å². The Labute approximate surface area is 130 Å². The molecule has 0 amide bonds. The number of carboxylic acids is 1. The van der Waals surface area contributed by atoms with E-state index in [1.54, 1.807) is 19.2 Å². The lowest BCUT2D eigenvalue weighted by molar-refractivity contribution is 0.0696. The Balaban J connectivity index is 2.15. The van der Waals surface area contributed by atoms with Gasteiger partial charge in [0.2, 0.25) is 5.88 Å². The maximum Gasteiger partial charge on any atom is 0.335 e. The number of pyridine rings is 1. The van der Waals surface area contributed by atoms with E-state index in [0.29, 0.717) is 24.3 Å². The highest BCUT2D eigenvalue weighted by Gasteiger charge is 2.10. The number of carboxylic acid groups (broad SMARTS) is 1. The van der Waals surface area contributed by atoms with Crippen LogP contribution in [0.2, 0.25) is 0 Å². The Hall–Kier alpha value is -2.08. The molecular formula is C15H14BrNO4. The molecule has 0 aliphatic heterocycles. The molecule has 0 saturated heterocycles. The molecule has 1 aromatic heterocycles.